The van der Waals surface area contributed by atoms with Crippen LogP contribution < -0.4 is 10.1 Å². The smallest absolute Gasteiger partial charge is 0.204 e. The van der Waals surface area contributed by atoms with E-state index in [1.165, 1.54) is 0 Å². The first-order valence-corrected chi connectivity index (χ1v) is 7.34. The van der Waals surface area contributed by atoms with E-state index in [1.807, 2.05) is 42.6 Å². The maximum Gasteiger partial charge on any atom is 0.204 e. The number of hydrogen-bond acceptors (Lipinski definition) is 5. The summed E-state index contributed by atoms with van der Waals surface area (Å²) in [5.74, 6) is 2.30. The summed E-state index contributed by atoms with van der Waals surface area (Å²) >= 11 is 3.50. The summed E-state index contributed by atoms with van der Waals surface area (Å²) in [5, 5.41) is 11.4. The number of rotatable bonds is 4. The van der Waals surface area contributed by atoms with Gasteiger partial charge in [-0.3, -0.25) is 4.40 Å². The number of halogens is 1. The van der Waals surface area contributed by atoms with Crippen LogP contribution >= 0.6 is 15.9 Å². The zero-order valence-electron chi connectivity index (χ0n) is 11.7. The minimum Gasteiger partial charge on any atom is -0.493 e. The lowest BCUT2D eigenvalue weighted by molar-refractivity contribution is 0.338. The largest absolute Gasteiger partial charge is 0.493 e. The third-order valence-electron chi connectivity index (χ3n) is 2.99. The Hall–Kier alpha value is -2.15. The molecule has 2 aromatic heterocycles. The van der Waals surface area contributed by atoms with Crippen molar-refractivity contribution in [2.45, 2.75) is 13.8 Å². The average molecular weight is 348 g/mol. The Labute approximate surface area is 130 Å². The molecule has 0 atom stereocenters. The van der Waals surface area contributed by atoms with Gasteiger partial charge < -0.3 is 10.1 Å². The lowest BCUT2D eigenvalue weighted by Gasteiger charge is -2.10. The van der Waals surface area contributed by atoms with Crippen molar-refractivity contribution in [2.75, 3.05) is 11.9 Å². The van der Waals surface area contributed by atoms with Crippen molar-refractivity contribution in [3.05, 3.63) is 40.9 Å². The van der Waals surface area contributed by atoms with Crippen LogP contribution in [0.25, 0.3) is 5.65 Å². The molecule has 0 aliphatic rings. The van der Waals surface area contributed by atoms with Gasteiger partial charge in [-0.2, -0.15) is 0 Å². The molecule has 0 saturated heterocycles. The summed E-state index contributed by atoms with van der Waals surface area (Å²) < 4.78 is 8.27. The fourth-order valence-electron chi connectivity index (χ4n) is 2.02. The number of hydrogen-bond donors (Lipinski definition) is 1. The number of aryl methyl sites for hydroxylation is 1. The van der Waals surface area contributed by atoms with E-state index >= 15 is 0 Å². The lowest BCUT2D eigenvalue weighted by Crippen LogP contribution is -1.99. The van der Waals surface area contributed by atoms with Crippen molar-refractivity contribution >= 4 is 33.1 Å². The molecule has 2 heterocycles. The molecule has 0 fully saturated rings. The Bertz CT molecular complexity index is 786. The fraction of sp³-hybridized carbons (Fsp3) is 0.214. The Kier molecular flexibility index (Phi) is 3.74. The van der Waals surface area contributed by atoms with E-state index in [0.29, 0.717) is 18.1 Å². The standard InChI is InChI=1S/C14H14BrN5O/c1-3-21-12-5-4-10(8-11(12)15)17-13-14-19-18-9(2)20(14)7-6-16-13/h4-8H,3H2,1-2H3,(H,16,17). The summed E-state index contributed by atoms with van der Waals surface area (Å²) in [6, 6.07) is 5.79. The monoisotopic (exact) mass is 347 g/mol. The van der Waals surface area contributed by atoms with E-state index in [9.17, 15) is 0 Å². The molecule has 1 aromatic carbocycles. The summed E-state index contributed by atoms with van der Waals surface area (Å²) in [6.45, 7) is 4.49. The molecule has 0 saturated carbocycles. The molecule has 1 N–H and O–H groups in total. The predicted molar refractivity (Wildman–Crippen MR) is 84.1 cm³/mol. The minimum atomic E-state index is 0.630. The van der Waals surface area contributed by atoms with E-state index in [4.69, 9.17) is 4.74 Å². The molecule has 0 aliphatic carbocycles. The van der Waals surface area contributed by atoms with Crippen LogP contribution in [0.4, 0.5) is 11.5 Å². The van der Waals surface area contributed by atoms with Gasteiger partial charge in [0, 0.05) is 18.1 Å². The number of fused-ring (bicyclic) bond motifs is 1. The van der Waals surface area contributed by atoms with Crippen LogP contribution in [0.2, 0.25) is 0 Å². The van der Waals surface area contributed by atoms with Crippen LogP contribution in [0, 0.1) is 6.92 Å². The molecule has 7 heteroatoms. The van der Waals surface area contributed by atoms with Gasteiger partial charge in [-0.1, -0.05) is 0 Å². The maximum absolute atomic E-state index is 5.50. The van der Waals surface area contributed by atoms with E-state index in [1.54, 1.807) is 6.20 Å². The highest BCUT2D eigenvalue weighted by atomic mass is 79.9. The van der Waals surface area contributed by atoms with E-state index in [-0.39, 0.29) is 0 Å². The molecule has 3 rings (SSSR count). The molecular formula is C14H14BrN5O. The van der Waals surface area contributed by atoms with Crippen molar-refractivity contribution in [3.63, 3.8) is 0 Å². The second-order valence-electron chi connectivity index (χ2n) is 4.42. The van der Waals surface area contributed by atoms with Gasteiger partial charge in [-0.25, -0.2) is 4.98 Å². The topological polar surface area (TPSA) is 64.3 Å². The number of nitrogens with zero attached hydrogens (tertiary/aromatic N) is 4. The first-order chi connectivity index (χ1) is 10.2. The molecule has 0 bridgehead atoms. The van der Waals surface area contributed by atoms with Crippen LogP contribution in [0.3, 0.4) is 0 Å². The SMILES string of the molecule is CCOc1ccc(Nc2nccn3c(C)nnc23)cc1Br. The first-order valence-electron chi connectivity index (χ1n) is 6.54. The van der Waals surface area contributed by atoms with Crippen molar-refractivity contribution in [3.8, 4) is 5.75 Å². The molecular weight excluding hydrogens is 334 g/mol. The van der Waals surface area contributed by atoms with E-state index < -0.39 is 0 Å². The molecule has 0 aliphatic heterocycles. The summed E-state index contributed by atoms with van der Waals surface area (Å²) in [7, 11) is 0. The number of aromatic nitrogens is 4. The summed E-state index contributed by atoms with van der Waals surface area (Å²) in [4.78, 5) is 4.32. The number of ether oxygens (including phenoxy) is 1. The van der Waals surface area contributed by atoms with Crippen LogP contribution in [-0.2, 0) is 0 Å². The normalized spacial score (nSPS) is 10.8. The second kappa shape index (κ2) is 5.69. The van der Waals surface area contributed by atoms with Crippen LogP contribution in [0.15, 0.2) is 35.1 Å². The molecule has 0 amide bonds. The van der Waals surface area contributed by atoms with Gasteiger partial charge >= 0.3 is 0 Å². The molecule has 3 aromatic rings. The average Bonchev–Trinajstić information content (AvgIpc) is 2.85. The predicted octanol–water partition coefficient (Wildman–Crippen LogP) is 3.34. The Balaban J connectivity index is 1.93. The quantitative estimate of drug-likeness (QED) is 0.784. The van der Waals surface area contributed by atoms with Crippen LogP contribution in [-0.4, -0.2) is 26.2 Å². The maximum atomic E-state index is 5.50. The van der Waals surface area contributed by atoms with Crippen LogP contribution in [0.5, 0.6) is 5.75 Å². The van der Waals surface area contributed by atoms with Crippen molar-refractivity contribution in [1.29, 1.82) is 0 Å². The van der Waals surface area contributed by atoms with E-state index in [0.717, 1.165) is 21.7 Å². The molecule has 21 heavy (non-hydrogen) atoms. The molecule has 6 nitrogen and oxygen atoms in total. The van der Waals surface area contributed by atoms with Gasteiger partial charge in [0.15, 0.2) is 5.82 Å². The first kappa shape index (κ1) is 13.8. The number of nitrogens with one attached hydrogen (secondary N) is 1. The third-order valence-corrected chi connectivity index (χ3v) is 3.61. The molecule has 0 unspecified atom stereocenters. The van der Waals surface area contributed by atoms with Crippen molar-refractivity contribution in [1.82, 2.24) is 19.6 Å². The van der Waals surface area contributed by atoms with Gasteiger partial charge in [0.2, 0.25) is 5.65 Å². The summed E-state index contributed by atoms with van der Waals surface area (Å²) in [5.41, 5.74) is 1.59. The van der Waals surface area contributed by atoms with Gasteiger partial charge in [0.1, 0.15) is 11.6 Å². The Morgan fingerprint density at radius 2 is 2.19 bits per heavy atom. The highest BCUT2D eigenvalue weighted by Gasteiger charge is 2.09. The van der Waals surface area contributed by atoms with Gasteiger partial charge in [-0.15, -0.1) is 10.2 Å². The molecule has 0 spiro atoms. The highest BCUT2D eigenvalue weighted by Crippen LogP contribution is 2.29. The van der Waals surface area contributed by atoms with Gasteiger partial charge in [0.25, 0.3) is 0 Å². The zero-order valence-corrected chi connectivity index (χ0v) is 13.3. The van der Waals surface area contributed by atoms with Gasteiger partial charge in [-0.05, 0) is 48.0 Å². The van der Waals surface area contributed by atoms with Crippen LogP contribution in [0.1, 0.15) is 12.7 Å². The van der Waals surface area contributed by atoms with Crippen molar-refractivity contribution in [2.24, 2.45) is 0 Å². The highest BCUT2D eigenvalue weighted by molar-refractivity contribution is 9.10. The Morgan fingerprint density at radius 3 is 2.95 bits per heavy atom. The fourth-order valence-corrected chi connectivity index (χ4v) is 2.51. The third kappa shape index (κ3) is 2.69. The lowest BCUT2D eigenvalue weighted by atomic mass is 10.3. The minimum absolute atomic E-state index is 0.630. The van der Waals surface area contributed by atoms with Crippen molar-refractivity contribution < 1.29 is 4.74 Å². The molecule has 108 valence electrons. The number of benzene rings is 1. The van der Waals surface area contributed by atoms with Gasteiger partial charge in [0.05, 0.1) is 11.1 Å². The molecule has 0 radical (unpaired) electrons. The van der Waals surface area contributed by atoms with E-state index in [2.05, 4.69) is 36.4 Å². The Morgan fingerprint density at radius 1 is 1.33 bits per heavy atom. The summed E-state index contributed by atoms with van der Waals surface area (Å²) in [6.07, 6.45) is 3.55. The number of anilines is 2. The second-order valence-corrected chi connectivity index (χ2v) is 5.27. The zero-order chi connectivity index (χ0) is 14.8.